The lowest BCUT2D eigenvalue weighted by atomic mass is 9.83. The van der Waals surface area contributed by atoms with Crippen molar-refractivity contribution in [3.63, 3.8) is 0 Å². The van der Waals surface area contributed by atoms with Gasteiger partial charge in [-0.2, -0.15) is 0 Å². The summed E-state index contributed by atoms with van der Waals surface area (Å²) in [7, 11) is 0. The van der Waals surface area contributed by atoms with Crippen molar-refractivity contribution in [3.05, 3.63) is 28.8 Å². The average Bonchev–Trinajstić information content (AvgIpc) is 2.85. The van der Waals surface area contributed by atoms with Crippen molar-refractivity contribution in [1.82, 2.24) is 0 Å². The lowest BCUT2D eigenvalue weighted by molar-refractivity contribution is 0.307. The van der Waals surface area contributed by atoms with E-state index in [1.165, 1.54) is 32.1 Å². The first-order valence-electron chi connectivity index (χ1n) is 6.89. The quantitative estimate of drug-likeness (QED) is 0.793. The van der Waals surface area contributed by atoms with Gasteiger partial charge in [0.05, 0.1) is 0 Å². The predicted octanol–water partition coefficient (Wildman–Crippen LogP) is 4.36. The van der Waals surface area contributed by atoms with Crippen LogP contribution in [-0.2, 0) is 0 Å². The standard InChI is InChI=1S/C15H21ClN2S/c1-2-15(7-3-4-8-15)10-18-13-9-11(16)5-6-12(13)14(17)19/h5-6,9,18H,2-4,7-8,10H2,1H3,(H2,17,19). The molecule has 2 nitrogen and oxygen atoms in total. The molecule has 1 aliphatic carbocycles. The summed E-state index contributed by atoms with van der Waals surface area (Å²) < 4.78 is 0. The Morgan fingerprint density at radius 2 is 2.11 bits per heavy atom. The number of hydrogen-bond donors (Lipinski definition) is 2. The highest BCUT2D eigenvalue weighted by atomic mass is 35.5. The van der Waals surface area contributed by atoms with Gasteiger partial charge in [-0.25, -0.2) is 0 Å². The topological polar surface area (TPSA) is 38.0 Å². The Hall–Kier alpha value is -0.800. The number of anilines is 1. The van der Waals surface area contributed by atoms with E-state index in [1.807, 2.05) is 18.2 Å². The maximum atomic E-state index is 6.06. The first-order valence-corrected chi connectivity index (χ1v) is 7.68. The van der Waals surface area contributed by atoms with Crippen LogP contribution in [0.25, 0.3) is 0 Å². The van der Waals surface area contributed by atoms with Crippen LogP contribution in [0.15, 0.2) is 18.2 Å². The first kappa shape index (κ1) is 14.6. The molecule has 0 unspecified atom stereocenters. The molecule has 4 heteroatoms. The maximum Gasteiger partial charge on any atom is 0.106 e. The van der Waals surface area contributed by atoms with E-state index in [1.54, 1.807) is 0 Å². The van der Waals surface area contributed by atoms with Crippen molar-refractivity contribution in [3.8, 4) is 0 Å². The molecule has 1 fully saturated rings. The van der Waals surface area contributed by atoms with E-state index in [0.29, 0.717) is 15.4 Å². The van der Waals surface area contributed by atoms with E-state index in [9.17, 15) is 0 Å². The Balaban J connectivity index is 2.14. The van der Waals surface area contributed by atoms with Crippen LogP contribution in [0.4, 0.5) is 5.69 Å². The van der Waals surface area contributed by atoms with Gasteiger partial charge in [0.15, 0.2) is 0 Å². The van der Waals surface area contributed by atoms with Gasteiger partial charge in [0.1, 0.15) is 4.99 Å². The predicted molar refractivity (Wildman–Crippen MR) is 87.0 cm³/mol. The first-order chi connectivity index (χ1) is 9.06. The highest BCUT2D eigenvalue weighted by Gasteiger charge is 2.31. The van der Waals surface area contributed by atoms with Crippen molar-refractivity contribution >= 4 is 34.5 Å². The minimum absolute atomic E-state index is 0.413. The van der Waals surface area contributed by atoms with Gasteiger partial charge in [0.2, 0.25) is 0 Å². The summed E-state index contributed by atoms with van der Waals surface area (Å²) in [6.45, 7) is 3.25. The molecular formula is C15H21ClN2S. The number of hydrogen-bond acceptors (Lipinski definition) is 2. The molecule has 0 saturated heterocycles. The van der Waals surface area contributed by atoms with Crippen LogP contribution in [-0.4, -0.2) is 11.5 Å². The lowest BCUT2D eigenvalue weighted by Crippen LogP contribution is -2.27. The van der Waals surface area contributed by atoms with Crippen LogP contribution in [0.5, 0.6) is 0 Å². The van der Waals surface area contributed by atoms with E-state index in [2.05, 4.69) is 12.2 Å². The molecule has 0 amide bonds. The molecule has 3 N–H and O–H groups in total. The molecule has 1 aliphatic rings. The normalized spacial score (nSPS) is 17.4. The second-order valence-corrected chi connectivity index (χ2v) is 6.34. The minimum atomic E-state index is 0.413. The zero-order chi connectivity index (χ0) is 13.9. The van der Waals surface area contributed by atoms with Crippen molar-refractivity contribution in [2.24, 2.45) is 11.1 Å². The molecule has 0 heterocycles. The zero-order valence-corrected chi connectivity index (χ0v) is 12.9. The minimum Gasteiger partial charge on any atom is -0.389 e. The molecule has 0 spiro atoms. The summed E-state index contributed by atoms with van der Waals surface area (Å²) in [5.41, 5.74) is 8.03. The summed E-state index contributed by atoms with van der Waals surface area (Å²) in [5.74, 6) is 0. The molecule has 2 rings (SSSR count). The van der Waals surface area contributed by atoms with Gasteiger partial charge < -0.3 is 11.1 Å². The molecule has 19 heavy (non-hydrogen) atoms. The monoisotopic (exact) mass is 296 g/mol. The third-order valence-electron chi connectivity index (χ3n) is 4.32. The molecule has 1 aromatic carbocycles. The molecule has 1 aromatic rings. The smallest absolute Gasteiger partial charge is 0.106 e. The molecule has 0 atom stereocenters. The molecule has 104 valence electrons. The fraction of sp³-hybridized carbons (Fsp3) is 0.533. The van der Waals surface area contributed by atoms with E-state index < -0.39 is 0 Å². The van der Waals surface area contributed by atoms with Crippen LogP contribution < -0.4 is 11.1 Å². The highest BCUT2D eigenvalue weighted by Crippen LogP contribution is 2.41. The fourth-order valence-electron chi connectivity index (χ4n) is 2.94. The van der Waals surface area contributed by atoms with Gasteiger partial charge >= 0.3 is 0 Å². The Kier molecular flexibility index (Phi) is 4.69. The highest BCUT2D eigenvalue weighted by molar-refractivity contribution is 7.80. The Morgan fingerprint density at radius 1 is 1.42 bits per heavy atom. The van der Waals surface area contributed by atoms with Crippen LogP contribution in [0.2, 0.25) is 5.02 Å². The van der Waals surface area contributed by atoms with E-state index >= 15 is 0 Å². The van der Waals surface area contributed by atoms with E-state index in [-0.39, 0.29) is 0 Å². The molecule has 0 bridgehead atoms. The molecule has 0 aromatic heterocycles. The average molecular weight is 297 g/mol. The van der Waals surface area contributed by atoms with Crippen LogP contribution in [0.3, 0.4) is 0 Å². The van der Waals surface area contributed by atoms with Crippen LogP contribution >= 0.6 is 23.8 Å². The summed E-state index contributed by atoms with van der Waals surface area (Å²) in [6, 6.07) is 5.63. The summed E-state index contributed by atoms with van der Waals surface area (Å²) in [5, 5.41) is 4.23. The Morgan fingerprint density at radius 3 is 2.68 bits per heavy atom. The number of nitrogens with one attached hydrogen (secondary N) is 1. The van der Waals surface area contributed by atoms with Crippen LogP contribution in [0, 0.1) is 5.41 Å². The lowest BCUT2D eigenvalue weighted by Gasteiger charge is -2.28. The van der Waals surface area contributed by atoms with Gasteiger partial charge in [-0.15, -0.1) is 0 Å². The maximum absolute atomic E-state index is 6.06. The zero-order valence-electron chi connectivity index (χ0n) is 11.3. The van der Waals surface area contributed by atoms with Crippen molar-refractivity contribution < 1.29 is 0 Å². The summed E-state index contributed by atoms with van der Waals surface area (Å²) >= 11 is 11.2. The number of benzene rings is 1. The largest absolute Gasteiger partial charge is 0.389 e. The second kappa shape index (κ2) is 6.10. The molecule has 1 saturated carbocycles. The van der Waals surface area contributed by atoms with Gasteiger partial charge in [-0.05, 0) is 42.9 Å². The SMILES string of the molecule is CCC1(CNc2cc(Cl)ccc2C(N)=S)CCCC1. The van der Waals surface area contributed by atoms with Gasteiger partial charge in [0.25, 0.3) is 0 Å². The van der Waals surface area contributed by atoms with Crippen LogP contribution in [0.1, 0.15) is 44.6 Å². The molecular weight excluding hydrogens is 276 g/mol. The molecule has 0 aliphatic heterocycles. The fourth-order valence-corrected chi connectivity index (χ4v) is 3.29. The van der Waals surface area contributed by atoms with Gasteiger partial charge in [-0.3, -0.25) is 0 Å². The number of halogens is 1. The number of nitrogens with two attached hydrogens (primary N) is 1. The van der Waals surface area contributed by atoms with E-state index in [4.69, 9.17) is 29.6 Å². The van der Waals surface area contributed by atoms with Crippen molar-refractivity contribution in [2.75, 3.05) is 11.9 Å². The van der Waals surface area contributed by atoms with Gasteiger partial charge in [0, 0.05) is 22.8 Å². The second-order valence-electron chi connectivity index (χ2n) is 5.47. The third-order valence-corrected chi connectivity index (χ3v) is 4.77. The van der Waals surface area contributed by atoms with Crippen molar-refractivity contribution in [2.45, 2.75) is 39.0 Å². The number of thiocarbonyl (C=S) groups is 1. The van der Waals surface area contributed by atoms with Gasteiger partial charge in [-0.1, -0.05) is 43.6 Å². The number of rotatable bonds is 5. The Bertz CT molecular complexity index is 467. The van der Waals surface area contributed by atoms with Crippen molar-refractivity contribution in [1.29, 1.82) is 0 Å². The van der Waals surface area contributed by atoms with E-state index in [0.717, 1.165) is 17.8 Å². The third kappa shape index (κ3) is 3.40. The Labute approximate surface area is 125 Å². The summed E-state index contributed by atoms with van der Waals surface area (Å²) in [4.78, 5) is 0.413. The summed E-state index contributed by atoms with van der Waals surface area (Å²) in [6.07, 6.45) is 6.50. The molecule has 0 radical (unpaired) electrons.